The van der Waals surface area contributed by atoms with Crippen LogP contribution in [0.4, 0.5) is 8.78 Å². The monoisotopic (exact) mass is 263 g/mol. The highest BCUT2D eigenvalue weighted by Gasteiger charge is 2.17. The number of carbonyl (C=O) groups is 1. The van der Waals surface area contributed by atoms with Crippen LogP contribution in [0.25, 0.3) is 0 Å². The summed E-state index contributed by atoms with van der Waals surface area (Å²) in [5.74, 6) is -0.281. The summed E-state index contributed by atoms with van der Waals surface area (Å²) in [6, 6.07) is 7.13. The Kier molecular flexibility index (Phi) is 3.85. The first-order chi connectivity index (χ1) is 9.13. The van der Waals surface area contributed by atoms with E-state index in [1.807, 2.05) is 0 Å². The van der Waals surface area contributed by atoms with Crippen LogP contribution in [0.15, 0.2) is 42.7 Å². The second kappa shape index (κ2) is 5.56. The summed E-state index contributed by atoms with van der Waals surface area (Å²) >= 11 is 0. The number of pyridine rings is 1. The molecule has 1 aromatic carbocycles. The highest BCUT2D eigenvalue weighted by molar-refractivity contribution is 6.09. The lowest BCUT2D eigenvalue weighted by Gasteiger charge is -2.09. The van der Waals surface area contributed by atoms with Crippen LogP contribution < -0.4 is 4.74 Å². The molecule has 2 rings (SSSR count). The average Bonchev–Trinajstić information content (AvgIpc) is 2.46. The van der Waals surface area contributed by atoms with Crippen molar-refractivity contribution in [2.24, 2.45) is 0 Å². The van der Waals surface area contributed by atoms with Crippen molar-refractivity contribution >= 4 is 5.78 Å². The Hall–Kier alpha value is -2.30. The zero-order valence-electron chi connectivity index (χ0n) is 10.1. The number of ether oxygens (including phenoxy) is 1. The Balaban J connectivity index is 2.39. The molecule has 0 aliphatic rings. The molecule has 0 saturated carbocycles. The van der Waals surface area contributed by atoms with Crippen LogP contribution in [-0.4, -0.2) is 17.9 Å². The molecule has 0 amide bonds. The summed E-state index contributed by atoms with van der Waals surface area (Å²) in [6.07, 6.45) is 0.338. The van der Waals surface area contributed by atoms with Crippen LogP contribution >= 0.6 is 0 Å². The topological polar surface area (TPSA) is 39.2 Å². The molecule has 5 heteroatoms. The predicted molar refractivity (Wildman–Crippen MR) is 65.6 cm³/mol. The molecule has 0 aliphatic heterocycles. The lowest BCUT2D eigenvalue weighted by Crippen LogP contribution is -2.03. The maximum atomic E-state index is 12.7. The van der Waals surface area contributed by atoms with Gasteiger partial charge in [-0.3, -0.25) is 9.78 Å². The lowest BCUT2D eigenvalue weighted by atomic mass is 10.0. The first kappa shape index (κ1) is 13.1. The van der Waals surface area contributed by atoms with E-state index >= 15 is 0 Å². The van der Waals surface area contributed by atoms with Gasteiger partial charge in [0.05, 0.1) is 12.7 Å². The summed E-state index contributed by atoms with van der Waals surface area (Å²) in [6.45, 7) is 0. The fourth-order valence-electron chi connectivity index (χ4n) is 1.70. The van der Waals surface area contributed by atoms with Crippen LogP contribution in [-0.2, 0) is 0 Å². The molecule has 0 fully saturated rings. The first-order valence-corrected chi connectivity index (χ1v) is 5.54. The molecule has 0 aliphatic carbocycles. The second-order valence-corrected chi connectivity index (χ2v) is 3.83. The Morgan fingerprint density at radius 3 is 2.63 bits per heavy atom. The highest BCUT2D eigenvalue weighted by Crippen LogP contribution is 2.30. The molecule has 0 radical (unpaired) electrons. The van der Waals surface area contributed by atoms with Gasteiger partial charge in [-0.05, 0) is 24.3 Å². The number of halogens is 2. The minimum absolute atomic E-state index is 0.00439. The number of ketones is 1. The zero-order chi connectivity index (χ0) is 13.8. The Bertz CT molecular complexity index is 585. The molecule has 1 heterocycles. The van der Waals surface area contributed by atoms with Gasteiger partial charge in [-0.2, -0.15) is 0 Å². The van der Waals surface area contributed by atoms with Crippen molar-refractivity contribution in [1.29, 1.82) is 0 Å². The number of hydrogen-bond acceptors (Lipinski definition) is 3. The highest BCUT2D eigenvalue weighted by atomic mass is 19.3. The van der Waals surface area contributed by atoms with Crippen molar-refractivity contribution in [2.75, 3.05) is 7.11 Å². The minimum atomic E-state index is -2.64. The van der Waals surface area contributed by atoms with Gasteiger partial charge >= 0.3 is 0 Å². The molecule has 0 N–H and O–H groups in total. The average molecular weight is 263 g/mol. The van der Waals surface area contributed by atoms with E-state index in [1.165, 1.54) is 31.5 Å². The second-order valence-electron chi connectivity index (χ2n) is 3.83. The smallest absolute Gasteiger partial charge is 0.267 e. The van der Waals surface area contributed by atoms with Gasteiger partial charge in [-0.25, -0.2) is 8.78 Å². The zero-order valence-corrected chi connectivity index (χ0v) is 10.1. The van der Waals surface area contributed by atoms with Crippen LogP contribution in [0.5, 0.6) is 5.75 Å². The molecule has 0 bridgehead atoms. The third-order valence-electron chi connectivity index (χ3n) is 2.65. The molecular formula is C14H11F2NO2. The fraction of sp³-hybridized carbons (Fsp3) is 0.143. The van der Waals surface area contributed by atoms with Gasteiger partial charge in [0.25, 0.3) is 6.43 Å². The lowest BCUT2D eigenvalue weighted by molar-refractivity contribution is 0.103. The number of methoxy groups -OCH3 is 1. The molecule has 2 aromatic rings. The number of carbonyl (C=O) groups excluding carboxylic acids is 1. The molecule has 0 atom stereocenters. The van der Waals surface area contributed by atoms with Gasteiger partial charge in [0.2, 0.25) is 0 Å². The first-order valence-electron chi connectivity index (χ1n) is 5.54. The molecule has 0 saturated heterocycles. The standard InChI is InChI=1S/C14H11F2NO2/c1-19-12-7-9(4-5-11(12)14(15)16)13(18)10-3-2-6-17-8-10/h2-8,14H,1H3. The maximum absolute atomic E-state index is 12.7. The number of aromatic nitrogens is 1. The van der Waals surface area contributed by atoms with Crippen molar-refractivity contribution in [3.05, 3.63) is 59.4 Å². The van der Waals surface area contributed by atoms with E-state index in [9.17, 15) is 13.6 Å². The Labute approximate surface area is 108 Å². The molecule has 3 nitrogen and oxygen atoms in total. The van der Waals surface area contributed by atoms with Crippen molar-refractivity contribution in [2.45, 2.75) is 6.43 Å². The molecule has 1 aromatic heterocycles. The number of benzene rings is 1. The third kappa shape index (κ3) is 2.76. The molecule has 19 heavy (non-hydrogen) atoms. The summed E-state index contributed by atoms with van der Waals surface area (Å²) in [5.41, 5.74) is 0.453. The van der Waals surface area contributed by atoms with Crippen LogP contribution in [0.3, 0.4) is 0 Å². The van der Waals surface area contributed by atoms with E-state index in [4.69, 9.17) is 4.74 Å². The van der Waals surface area contributed by atoms with E-state index in [-0.39, 0.29) is 22.7 Å². The number of nitrogens with zero attached hydrogens (tertiary/aromatic N) is 1. The van der Waals surface area contributed by atoms with Gasteiger partial charge in [-0.1, -0.05) is 6.07 Å². The van der Waals surface area contributed by atoms with Crippen molar-refractivity contribution in [3.63, 3.8) is 0 Å². The van der Waals surface area contributed by atoms with E-state index < -0.39 is 6.43 Å². The summed E-state index contributed by atoms with van der Waals surface area (Å²) in [7, 11) is 1.29. The van der Waals surface area contributed by atoms with E-state index in [0.29, 0.717) is 5.56 Å². The van der Waals surface area contributed by atoms with E-state index in [1.54, 1.807) is 18.3 Å². The minimum Gasteiger partial charge on any atom is -0.496 e. The Morgan fingerprint density at radius 1 is 1.26 bits per heavy atom. The number of alkyl halides is 2. The quantitative estimate of drug-likeness (QED) is 0.795. The number of hydrogen-bond donors (Lipinski definition) is 0. The third-order valence-corrected chi connectivity index (χ3v) is 2.65. The molecule has 0 spiro atoms. The molecular weight excluding hydrogens is 252 g/mol. The van der Waals surface area contributed by atoms with Crippen LogP contribution in [0.1, 0.15) is 27.9 Å². The summed E-state index contributed by atoms with van der Waals surface area (Å²) in [5, 5.41) is 0. The van der Waals surface area contributed by atoms with E-state index in [2.05, 4.69) is 4.98 Å². The number of rotatable bonds is 4. The molecule has 0 unspecified atom stereocenters. The van der Waals surface area contributed by atoms with Crippen molar-refractivity contribution < 1.29 is 18.3 Å². The normalized spacial score (nSPS) is 10.5. The van der Waals surface area contributed by atoms with Crippen molar-refractivity contribution in [3.8, 4) is 5.75 Å². The van der Waals surface area contributed by atoms with Gasteiger partial charge in [0, 0.05) is 23.5 Å². The fourth-order valence-corrected chi connectivity index (χ4v) is 1.70. The maximum Gasteiger partial charge on any atom is 0.267 e. The van der Waals surface area contributed by atoms with Crippen LogP contribution in [0, 0.1) is 0 Å². The van der Waals surface area contributed by atoms with Crippen molar-refractivity contribution in [1.82, 2.24) is 4.98 Å². The predicted octanol–water partition coefficient (Wildman–Crippen LogP) is 3.26. The van der Waals surface area contributed by atoms with Gasteiger partial charge < -0.3 is 4.74 Å². The van der Waals surface area contributed by atoms with E-state index in [0.717, 1.165) is 0 Å². The van der Waals surface area contributed by atoms with Crippen LogP contribution in [0.2, 0.25) is 0 Å². The van der Waals surface area contributed by atoms with Gasteiger partial charge in [-0.15, -0.1) is 0 Å². The Morgan fingerprint density at radius 2 is 2.05 bits per heavy atom. The van der Waals surface area contributed by atoms with Gasteiger partial charge in [0.15, 0.2) is 5.78 Å². The summed E-state index contributed by atoms with van der Waals surface area (Å²) in [4.78, 5) is 16.0. The summed E-state index contributed by atoms with van der Waals surface area (Å²) < 4.78 is 30.3. The largest absolute Gasteiger partial charge is 0.496 e. The SMILES string of the molecule is COc1cc(C(=O)c2cccnc2)ccc1C(F)F. The van der Waals surface area contributed by atoms with Gasteiger partial charge in [0.1, 0.15) is 5.75 Å². The molecule has 98 valence electrons.